The number of pyridine rings is 1. The first-order valence-corrected chi connectivity index (χ1v) is 5.23. The van der Waals surface area contributed by atoms with Crippen molar-refractivity contribution in [2.45, 2.75) is 12.5 Å². The van der Waals surface area contributed by atoms with E-state index in [1.807, 2.05) is 7.05 Å². The van der Waals surface area contributed by atoms with Crippen LogP contribution in [0.5, 0.6) is 0 Å². The summed E-state index contributed by atoms with van der Waals surface area (Å²) in [5.41, 5.74) is 0.0353. The zero-order valence-corrected chi connectivity index (χ0v) is 9.09. The Hall–Kier alpha value is -1.69. The van der Waals surface area contributed by atoms with Crippen LogP contribution in [-0.2, 0) is 0 Å². The molecular formula is C10H14N4O2. The molecule has 6 heteroatoms. The lowest BCUT2D eigenvalue weighted by atomic mass is 10.3. The van der Waals surface area contributed by atoms with E-state index in [2.05, 4.69) is 15.2 Å². The highest BCUT2D eigenvalue weighted by atomic mass is 16.6. The molecule has 16 heavy (non-hydrogen) atoms. The smallest absolute Gasteiger partial charge is 0.287 e. The summed E-state index contributed by atoms with van der Waals surface area (Å²) in [5, 5.41) is 13.7. The summed E-state index contributed by atoms with van der Waals surface area (Å²) in [5.74, 6) is 0.809. The Morgan fingerprint density at radius 3 is 2.94 bits per heavy atom. The van der Waals surface area contributed by atoms with Crippen LogP contribution in [0.25, 0.3) is 0 Å². The van der Waals surface area contributed by atoms with Crippen molar-refractivity contribution in [2.75, 3.05) is 25.0 Å². The number of anilines is 1. The molecule has 1 fully saturated rings. The van der Waals surface area contributed by atoms with Gasteiger partial charge in [-0.15, -0.1) is 0 Å². The van der Waals surface area contributed by atoms with Crippen LogP contribution in [0.4, 0.5) is 11.5 Å². The monoisotopic (exact) mass is 222 g/mol. The van der Waals surface area contributed by atoms with E-state index in [0.29, 0.717) is 6.04 Å². The molecule has 1 aromatic rings. The molecule has 0 bridgehead atoms. The van der Waals surface area contributed by atoms with Crippen molar-refractivity contribution in [3.63, 3.8) is 0 Å². The lowest BCUT2D eigenvalue weighted by Gasteiger charge is -2.16. The van der Waals surface area contributed by atoms with Gasteiger partial charge in [0.1, 0.15) is 12.0 Å². The van der Waals surface area contributed by atoms with Crippen molar-refractivity contribution in [1.29, 1.82) is 0 Å². The number of nitrogens with one attached hydrogen (secondary N) is 1. The van der Waals surface area contributed by atoms with E-state index < -0.39 is 4.92 Å². The van der Waals surface area contributed by atoms with Gasteiger partial charge in [0, 0.05) is 25.2 Å². The van der Waals surface area contributed by atoms with E-state index >= 15 is 0 Å². The average Bonchev–Trinajstić information content (AvgIpc) is 2.77. The third-order valence-corrected chi connectivity index (χ3v) is 2.86. The van der Waals surface area contributed by atoms with E-state index in [0.717, 1.165) is 25.3 Å². The maximum absolute atomic E-state index is 10.5. The van der Waals surface area contributed by atoms with Crippen molar-refractivity contribution >= 4 is 11.5 Å². The zero-order chi connectivity index (χ0) is 11.5. The van der Waals surface area contributed by atoms with Crippen LogP contribution >= 0.6 is 0 Å². The van der Waals surface area contributed by atoms with Crippen LogP contribution in [0.1, 0.15) is 6.42 Å². The number of likely N-dealkylation sites (N-methyl/N-ethyl adjacent to an activating group) is 1. The molecule has 0 aromatic carbocycles. The highest BCUT2D eigenvalue weighted by Gasteiger charge is 2.22. The van der Waals surface area contributed by atoms with E-state index in [1.54, 1.807) is 6.07 Å². The van der Waals surface area contributed by atoms with Crippen molar-refractivity contribution < 1.29 is 4.92 Å². The van der Waals surface area contributed by atoms with Gasteiger partial charge >= 0.3 is 0 Å². The quantitative estimate of drug-likeness (QED) is 0.604. The second-order valence-electron chi connectivity index (χ2n) is 3.85. The van der Waals surface area contributed by atoms with Crippen LogP contribution in [-0.4, -0.2) is 36.1 Å². The van der Waals surface area contributed by atoms with Gasteiger partial charge in [-0.1, -0.05) is 0 Å². The van der Waals surface area contributed by atoms with Crippen LogP contribution < -0.4 is 10.2 Å². The molecule has 0 aliphatic carbocycles. The van der Waals surface area contributed by atoms with Gasteiger partial charge in [-0.25, -0.2) is 4.98 Å². The molecule has 2 heterocycles. The van der Waals surface area contributed by atoms with E-state index in [9.17, 15) is 10.1 Å². The lowest BCUT2D eigenvalue weighted by molar-refractivity contribution is -0.385. The van der Waals surface area contributed by atoms with Crippen molar-refractivity contribution in [3.8, 4) is 0 Å². The van der Waals surface area contributed by atoms with Gasteiger partial charge in [0.05, 0.1) is 4.92 Å². The summed E-state index contributed by atoms with van der Waals surface area (Å²) in [6, 6.07) is 3.68. The summed E-state index contributed by atoms with van der Waals surface area (Å²) < 4.78 is 0. The van der Waals surface area contributed by atoms with Gasteiger partial charge in [0.25, 0.3) is 5.69 Å². The molecule has 1 aromatic heterocycles. The summed E-state index contributed by atoms with van der Waals surface area (Å²) in [6.45, 7) is 1.84. The molecule has 1 aliphatic heterocycles. The predicted octanol–water partition coefficient (Wildman–Crippen LogP) is 0.788. The van der Waals surface area contributed by atoms with Gasteiger partial charge in [-0.3, -0.25) is 10.1 Å². The predicted molar refractivity (Wildman–Crippen MR) is 60.6 cm³/mol. The molecule has 1 atom stereocenters. The van der Waals surface area contributed by atoms with Crippen molar-refractivity contribution in [2.24, 2.45) is 0 Å². The first kappa shape index (κ1) is 10.8. The average molecular weight is 222 g/mol. The Kier molecular flexibility index (Phi) is 3.00. The number of aromatic nitrogens is 1. The molecule has 1 unspecified atom stereocenters. The van der Waals surface area contributed by atoms with Gasteiger partial charge in [0.15, 0.2) is 0 Å². The molecule has 0 spiro atoms. The third-order valence-electron chi connectivity index (χ3n) is 2.86. The van der Waals surface area contributed by atoms with Gasteiger partial charge in [0.2, 0.25) is 0 Å². The molecule has 6 nitrogen and oxygen atoms in total. The fourth-order valence-corrected chi connectivity index (χ4v) is 1.88. The van der Waals surface area contributed by atoms with Crippen LogP contribution in [0.2, 0.25) is 0 Å². The minimum absolute atomic E-state index is 0.0353. The zero-order valence-electron chi connectivity index (χ0n) is 9.09. The molecule has 1 aliphatic rings. The Labute approximate surface area is 93.4 Å². The summed E-state index contributed by atoms with van der Waals surface area (Å²) >= 11 is 0. The van der Waals surface area contributed by atoms with Crippen LogP contribution in [0, 0.1) is 10.1 Å². The molecule has 86 valence electrons. The standard InChI is InChI=1S/C10H14N4O2/c1-11-8-4-5-13(7-8)10-3-2-9(6-12-10)14(15)16/h2-3,6,8,11H,4-5,7H2,1H3. The Bertz CT molecular complexity index is 379. The number of hydrogen-bond acceptors (Lipinski definition) is 5. The number of hydrogen-bond donors (Lipinski definition) is 1. The van der Waals surface area contributed by atoms with Crippen LogP contribution in [0.3, 0.4) is 0 Å². The third kappa shape index (κ3) is 2.11. The van der Waals surface area contributed by atoms with E-state index in [1.165, 1.54) is 12.3 Å². The van der Waals surface area contributed by atoms with E-state index in [-0.39, 0.29) is 5.69 Å². The SMILES string of the molecule is CNC1CCN(c2ccc([N+](=O)[O-])cn2)C1. The van der Waals surface area contributed by atoms with Crippen LogP contribution in [0.15, 0.2) is 18.3 Å². The maximum atomic E-state index is 10.5. The molecule has 0 amide bonds. The molecular weight excluding hydrogens is 208 g/mol. The van der Waals surface area contributed by atoms with Gasteiger partial charge < -0.3 is 10.2 Å². The Balaban J connectivity index is 2.08. The normalized spacial score (nSPS) is 20.1. The maximum Gasteiger partial charge on any atom is 0.287 e. The highest BCUT2D eigenvalue weighted by Crippen LogP contribution is 2.20. The first-order valence-electron chi connectivity index (χ1n) is 5.23. The molecule has 1 saturated heterocycles. The lowest BCUT2D eigenvalue weighted by Crippen LogP contribution is -2.29. The first-order chi connectivity index (χ1) is 7.70. The van der Waals surface area contributed by atoms with Gasteiger partial charge in [-0.2, -0.15) is 0 Å². The highest BCUT2D eigenvalue weighted by molar-refractivity contribution is 5.44. The Morgan fingerprint density at radius 2 is 2.44 bits per heavy atom. The fourth-order valence-electron chi connectivity index (χ4n) is 1.88. The molecule has 0 radical (unpaired) electrons. The second kappa shape index (κ2) is 4.44. The number of nitrogens with zero attached hydrogens (tertiary/aromatic N) is 3. The fraction of sp³-hybridized carbons (Fsp3) is 0.500. The minimum atomic E-state index is -0.433. The second-order valence-corrected chi connectivity index (χ2v) is 3.85. The van der Waals surface area contributed by atoms with E-state index in [4.69, 9.17) is 0 Å². The van der Waals surface area contributed by atoms with Crippen molar-refractivity contribution in [3.05, 3.63) is 28.4 Å². The van der Waals surface area contributed by atoms with Crippen molar-refractivity contribution in [1.82, 2.24) is 10.3 Å². The largest absolute Gasteiger partial charge is 0.355 e. The molecule has 1 N–H and O–H groups in total. The topological polar surface area (TPSA) is 71.3 Å². The molecule has 2 rings (SSSR count). The summed E-state index contributed by atoms with van der Waals surface area (Å²) in [6.07, 6.45) is 2.39. The number of nitro groups is 1. The summed E-state index contributed by atoms with van der Waals surface area (Å²) in [4.78, 5) is 16.3. The minimum Gasteiger partial charge on any atom is -0.355 e. The number of rotatable bonds is 3. The summed E-state index contributed by atoms with van der Waals surface area (Å²) in [7, 11) is 1.94. The molecule has 0 saturated carbocycles. The van der Waals surface area contributed by atoms with Gasteiger partial charge in [-0.05, 0) is 19.5 Å². The Morgan fingerprint density at radius 1 is 1.62 bits per heavy atom.